The molecule has 0 saturated heterocycles. The highest BCUT2D eigenvalue weighted by Gasteiger charge is 2.12. The third-order valence-electron chi connectivity index (χ3n) is 2.37. The van der Waals surface area contributed by atoms with Crippen LogP contribution in [0.25, 0.3) is 5.65 Å². The van der Waals surface area contributed by atoms with Crippen LogP contribution in [0.5, 0.6) is 0 Å². The average Bonchev–Trinajstić information content (AvgIpc) is 2.65. The number of aliphatic hydroxyl groups is 1. The van der Waals surface area contributed by atoms with Crippen LogP contribution in [0, 0.1) is 0 Å². The highest BCUT2D eigenvalue weighted by atomic mass is 16.3. The minimum absolute atomic E-state index is 0.0348. The molecule has 0 aliphatic heterocycles. The molecule has 0 saturated carbocycles. The lowest BCUT2D eigenvalue weighted by atomic mass is 10.1. The second kappa shape index (κ2) is 3.77. The molecule has 74 valence electrons. The monoisotopic (exact) mass is 191 g/mol. The van der Waals surface area contributed by atoms with Crippen molar-refractivity contribution in [1.29, 1.82) is 0 Å². The number of aliphatic hydroxyl groups excluding tert-OH is 1. The molecule has 0 amide bonds. The fourth-order valence-corrected chi connectivity index (χ4v) is 1.54. The van der Waals surface area contributed by atoms with Crippen LogP contribution in [0.4, 0.5) is 0 Å². The summed E-state index contributed by atoms with van der Waals surface area (Å²) in [6.45, 7) is 0.484. The summed E-state index contributed by atoms with van der Waals surface area (Å²) in [5, 5.41) is 9.14. The van der Waals surface area contributed by atoms with Crippen molar-refractivity contribution in [3.8, 4) is 0 Å². The Balaban J connectivity index is 2.51. The molecule has 0 aliphatic rings. The predicted octanol–water partition coefficient (Wildman–Crippen LogP) is 0.369. The van der Waals surface area contributed by atoms with Crippen LogP contribution in [0.1, 0.15) is 11.6 Å². The molecule has 0 spiro atoms. The summed E-state index contributed by atoms with van der Waals surface area (Å²) < 4.78 is 1.95. The first-order valence-electron chi connectivity index (χ1n) is 4.59. The van der Waals surface area contributed by atoms with Crippen molar-refractivity contribution < 1.29 is 5.11 Å². The number of imidazole rings is 1. The molecule has 1 atom stereocenters. The molecule has 2 heterocycles. The number of aromatic nitrogens is 2. The quantitative estimate of drug-likeness (QED) is 0.736. The summed E-state index contributed by atoms with van der Waals surface area (Å²) in [5.41, 5.74) is 7.41. The highest BCUT2D eigenvalue weighted by Crippen LogP contribution is 2.15. The Morgan fingerprint density at radius 1 is 1.50 bits per heavy atom. The van der Waals surface area contributed by atoms with E-state index in [-0.39, 0.29) is 12.5 Å². The third kappa shape index (κ3) is 1.38. The third-order valence-corrected chi connectivity index (χ3v) is 2.37. The lowest BCUT2D eigenvalue weighted by molar-refractivity contribution is 0.265. The Labute approximate surface area is 82.0 Å². The number of nitrogens with two attached hydrogens (primary N) is 1. The molecular weight excluding hydrogens is 178 g/mol. The van der Waals surface area contributed by atoms with Crippen molar-refractivity contribution in [2.75, 3.05) is 13.2 Å². The van der Waals surface area contributed by atoms with E-state index >= 15 is 0 Å². The summed E-state index contributed by atoms with van der Waals surface area (Å²) in [6, 6.07) is 5.79. The number of fused-ring (bicyclic) bond motifs is 1. The predicted molar refractivity (Wildman–Crippen MR) is 54.1 cm³/mol. The summed E-state index contributed by atoms with van der Waals surface area (Å²) in [6.07, 6.45) is 3.69. The van der Waals surface area contributed by atoms with Gasteiger partial charge in [-0.1, -0.05) is 6.07 Å². The first-order valence-corrected chi connectivity index (χ1v) is 4.59. The van der Waals surface area contributed by atoms with Crippen LogP contribution >= 0.6 is 0 Å². The van der Waals surface area contributed by atoms with Gasteiger partial charge in [-0.05, 0) is 12.1 Å². The molecule has 0 aromatic carbocycles. The Kier molecular flexibility index (Phi) is 2.47. The first-order chi connectivity index (χ1) is 6.86. The van der Waals surface area contributed by atoms with E-state index in [0.717, 1.165) is 11.3 Å². The fraction of sp³-hybridized carbons (Fsp3) is 0.300. The maximum absolute atomic E-state index is 9.14. The Morgan fingerprint density at radius 2 is 2.36 bits per heavy atom. The van der Waals surface area contributed by atoms with E-state index in [1.165, 1.54) is 0 Å². The normalized spacial score (nSPS) is 13.3. The van der Waals surface area contributed by atoms with Crippen molar-refractivity contribution in [2.45, 2.75) is 5.92 Å². The zero-order valence-corrected chi connectivity index (χ0v) is 7.80. The molecule has 2 aromatic heterocycles. The van der Waals surface area contributed by atoms with Gasteiger partial charge in [-0.15, -0.1) is 0 Å². The molecule has 14 heavy (non-hydrogen) atoms. The molecule has 3 N–H and O–H groups in total. The minimum Gasteiger partial charge on any atom is -0.396 e. The maximum atomic E-state index is 9.14. The lowest BCUT2D eigenvalue weighted by Crippen LogP contribution is -2.17. The second-order valence-electron chi connectivity index (χ2n) is 3.23. The molecule has 1 unspecified atom stereocenters. The molecule has 4 nitrogen and oxygen atoms in total. The number of nitrogens with zero attached hydrogens (tertiary/aromatic N) is 2. The summed E-state index contributed by atoms with van der Waals surface area (Å²) in [7, 11) is 0. The van der Waals surface area contributed by atoms with Gasteiger partial charge >= 0.3 is 0 Å². The Bertz CT molecular complexity index is 420. The molecule has 0 aliphatic carbocycles. The molecule has 0 bridgehead atoms. The van der Waals surface area contributed by atoms with E-state index < -0.39 is 0 Å². The number of hydrogen-bond donors (Lipinski definition) is 2. The van der Waals surface area contributed by atoms with Gasteiger partial charge in [0.15, 0.2) is 0 Å². The van der Waals surface area contributed by atoms with Gasteiger partial charge in [-0.3, -0.25) is 0 Å². The van der Waals surface area contributed by atoms with Crippen LogP contribution in [-0.2, 0) is 0 Å². The fourth-order valence-electron chi connectivity index (χ4n) is 1.54. The van der Waals surface area contributed by atoms with Gasteiger partial charge in [0, 0.05) is 30.6 Å². The number of hydrogen-bond acceptors (Lipinski definition) is 3. The van der Waals surface area contributed by atoms with Gasteiger partial charge in [0.2, 0.25) is 0 Å². The zero-order valence-electron chi connectivity index (χ0n) is 7.80. The van der Waals surface area contributed by atoms with E-state index in [2.05, 4.69) is 4.98 Å². The van der Waals surface area contributed by atoms with Gasteiger partial charge in [0.05, 0.1) is 6.61 Å². The summed E-state index contributed by atoms with van der Waals surface area (Å²) in [5.74, 6) is -0.0348. The van der Waals surface area contributed by atoms with E-state index in [1.807, 2.05) is 28.8 Å². The summed E-state index contributed by atoms with van der Waals surface area (Å²) >= 11 is 0. The SMILES string of the molecule is NCC(CO)c1cnc2ccccn12. The molecular formula is C10H13N3O. The van der Waals surface area contributed by atoms with Gasteiger partial charge in [-0.2, -0.15) is 0 Å². The molecule has 4 heteroatoms. The second-order valence-corrected chi connectivity index (χ2v) is 3.23. The van der Waals surface area contributed by atoms with Crippen molar-refractivity contribution in [1.82, 2.24) is 9.38 Å². The van der Waals surface area contributed by atoms with Crippen LogP contribution in [0.2, 0.25) is 0 Å². The van der Waals surface area contributed by atoms with Crippen molar-refractivity contribution in [2.24, 2.45) is 5.73 Å². The summed E-state index contributed by atoms with van der Waals surface area (Å²) in [4.78, 5) is 4.23. The largest absolute Gasteiger partial charge is 0.396 e. The molecule has 2 rings (SSSR count). The van der Waals surface area contributed by atoms with Gasteiger partial charge in [0.25, 0.3) is 0 Å². The van der Waals surface area contributed by atoms with Crippen LogP contribution in [0.3, 0.4) is 0 Å². The van der Waals surface area contributed by atoms with Crippen molar-refractivity contribution >= 4 is 5.65 Å². The van der Waals surface area contributed by atoms with E-state index in [0.29, 0.717) is 6.54 Å². The smallest absolute Gasteiger partial charge is 0.136 e. The van der Waals surface area contributed by atoms with Crippen molar-refractivity contribution in [3.63, 3.8) is 0 Å². The van der Waals surface area contributed by atoms with E-state index in [4.69, 9.17) is 10.8 Å². The van der Waals surface area contributed by atoms with E-state index in [1.54, 1.807) is 6.20 Å². The maximum Gasteiger partial charge on any atom is 0.136 e. The Morgan fingerprint density at radius 3 is 3.07 bits per heavy atom. The van der Waals surface area contributed by atoms with Gasteiger partial charge < -0.3 is 15.2 Å². The van der Waals surface area contributed by atoms with Crippen LogP contribution in [-0.4, -0.2) is 27.6 Å². The molecule has 0 radical (unpaired) electrons. The zero-order chi connectivity index (χ0) is 9.97. The molecule has 2 aromatic rings. The Hall–Kier alpha value is -1.39. The van der Waals surface area contributed by atoms with Crippen LogP contribution in [0.15, 0.2) is 30.6 Å². The van der Waals surface area contributed by atoms with Gasteiger partial charge in [0.1, 0.15) is 5.65 Å². The average molecular weight is 191 g/mol. The van der Waals surface area contributed by atoms with Crippen molar-refractivity contribution in [3.05, 3.63) is 36.3 Å². The highest BCUT2D eigenvalue weighted by molar-refractivity contribution is 5.40. The first kappa shape index (κ1) is 9.18. The topological polar surface area (TPSA) is 63.5 Å². The minimum atomic E-state index is -0.0348. The standard InChI is InChI=1S/C10H13N3O/c11-5-8(7-14)9-6-12-10-3-1-2-4-13(9)10/h1-4,6,8,14H,5,7,11H2. The van der Waals surface area contributed by atoms with Gasteiger partial charge in [-0.25, -0.2) is 4.98 Å². The van der Waals surface area contributed by atoms with E-state index in [9.17, 15) is 0 Å². The molecule has 0 fully saturated rings. The van der Waals surface area contributed by atoms with Crippen LogP contribution < -0.4 is 5.73 Å². The number of pyridine rings is 1. The lowest BCUT2D eigenvalue weighted by Gasteiger charge is -2.10. The number of rotatable bonds is 3.